The highest BCUT2D eigenvalue weighted by Crippen LogP contribution is 2.78. The lowest BCUT2D eigenvalue weighted by atomic mass is 9.33. The molecule has 1 aromatic rings. The van der Waals surface area contributed by atoms with Gasteiger partial charge in [0, 0.05) is 42.0 Å². The van der Waals surface area contributed by atoms with Crippen LogP contribution in [0.25, 0.3) is 0 Å². The topological polar surface area (TPSA) is 51.2 Å². The minimum absolute atomic E-state index is 0.0685. The highest BCUT2D eigenvalue weighted by molar-refractivity contribution is 6.69. The van der Waals surface area contributed by atoms with Crippen LogP contribution >= 0.6 is 0 Å². The Morgan fingerprint density at radius 1 is 1.11 bits per heavy atom. The molecule has 5 nitrogen and oxygen atoms in total. The predicted molar refractivity (Wildman–Crippen MR) is 152 cm³/mol. The molecule has 2 aliphatic heterocycles. The Morgan fingerprint density at radius 3 is 2.47 bits per heavy atom. The van der Waals surface area contributed by atoms with Crippen molar-refractivity contribution in [1.29, 1.82) is 0 Å². The molecule has 7 aliphatic rings. The number of hydrogen-bond acceptors (Lipinski definition) is 5. The van der Waals surface area contributed by atoms with Gasteiger partial charge < -0.3 is 19.0 Å². The number of piperidine rings is 1. The van der Waals surface area contributed by atoms with E-state index in [9.17, 15) is 5.11 Å². The van der Waals surface area contributed by atoms with Crippen LogP contribution in [0.2, 0.25) is 19.6 Å². The van der Waals surface area contributed by atoms with E-state index >= 15 is 0 Å². The van der Waals surface area contributed by atoms with Gasteiger partial charge in [-0.2, -0.15) is 0 Å². The van der Waals surface area contributed by atoms with Gasteiger partial charge in [0.1, 0.15) is 11.7 Å². The molecule has 1 saturated heterocycles. The van der Waals surface area contributed by atoms with Crippen LogP contribution in [0.15, 0.2) is 12.1 Å². The van der Waals surface area contributed by atoms with Crippen LogP contribution in [0, 0.1) is 22.7 Å². The number of fused-ring (bicyclic) bond motifs is 2. The lowest BCUT2D eigenvalue weighted by molar-refractivity contribution is -0.309. The van der Waals surface area contributed by atoms with Crippen molar-refractivity contribution in [2.75, 3.05) is 20.2 Å². The molecule has 7 unspecified atom stereocenters. The fourth-order valence-electron chi connectivity index (χ4n) is 10.4. The van der Waals surface area contributed by atoms with E-state index in [0.717, 1.165) is 43.9 Å². The molecule has 1 aromatic carbocycles. The Morgan fingerprint density at radius 2 is 1.84 bits per heavy atom. The first-order chi connectivity index (χ1) is 17.7. The number of ether oxygens (including phenoxy) is 2. The molecule has 4 saturated carbocycles. The number of phenols is 1. The number of nitrogens with zero attached hydrogens (tertiary/aromatic N) is 1. The average Bonchev–Trinajstić information content (AvgIpc) is 3.57. The van der Waals surface area contributed by atoms with Gasteiger partial charge >= 0.3 is 0 Å². The molecule has 210 valence electrons. The molecule has 38 heavy (non-hydrogen) atoms. The third-order valence-corrected chi connectivity index (χ3v) is 13.4. The average molecular weight is 540 g/mol. The lowest BCUT2D eigenvalue weighted by Gasteiger charge is -2.76. The largest absolute Gasteiger partial charge is 0.504 e. The minimum Gasteiger partial charge on any atom is -0.504 e. The van der Waals surface area contributed by atoms with E-state index in [1.54, 1.807) is 0 Å². The van der Waals surface area contributed by atoms with Gasteiger partial charge in [0.2, 0.25) is 0 Å². The van der Waals surface area contributed by atoms with Gasteiger partial charge in [0.15, 0.2) is 19.8 Å². The molecule has 0 aromatic heterocycles. The smallest absolute Gasteiger partial charge is 0.184 e. The fourth-order valence-corrected chi connectivity index (χ4v) is 12.1. The van der Waals surface area contributed by atoms with Crippen molar-refractivity contribution >= 4 is 8.32 Å². The van der Waals surface area contributed by atoms with E-state index in [1.165, 1.54) is 36.9 Å². The van der Waals surface area contributed by atoms with Gasteiger partial charge in [0.25, 0.3) is 0 Å². The van der Waals surface area contributed by atoms with Crippen molar-refractivity contribution in [2.24, 2.45) is 22.7 Å². The second-order valence-corrected chi connectivity index (χ2v) is 20.4. The molecular formula is C32H49NO4Si. The van der Waals surface area contributed by atoms with E-state index < -0.39 is 13.9 Å². The monoisotopic (exact) mass is 539 g/mol. The van der Waals surface area contributed by atoms with Crippen molar-refractivity contribution in [2.45, 2.75) is 121 Å². The van der Waals surface area contributed by atoms with Crippen LogP contribution in [-0.2, 0) is 21.0 Å². The highest BCUT2D eigenvalue weighted by atomic mass is 28.4. The first-order valence-electron chi connectivity index (χ1n) is 15.2. The first-order valence-corrected chi connectivity index (χ1v) is 18.6. The van der Waals surface area contributed by atoms with Crippen LogP contribution in [0.1, 0.15) is 77.3 Å². The molecule has 2 spiro atoms. The van der Waals surface area contributed by atoms with Gasteiger partial charge in [-0.15, -0.1) is 0 Å². The summed E-state index contributed by atoms with van der Waals surface area (Å²) in [5.74, 6) is 2.16. The van der Waals surface area contributed by atoms with Crippen LogP contribution in [0.3, 0.4) is 0 Å². The molecular weight excluding hydrogens is 490 g/mol. The second kappa shape index (κ2) is 7.60. The molecule has 2 heterocycles. The summed E-state index contributed by atoms with van der Waals surface area (Å²) in [4.78, 5) is 2.89. The Hall–Kier alpha value is -1.08. The van der Waals surface area contributed by atoms with Crippen molar-refractivity contribution in [3.05, 3.63) is 23.3 Å². The van der Waals surface area contributed by atoms with E-state index in [1.807, 2.05) is 13.2 Å². The molecule has 5 aliphatic carbocycles. The Bertz CT molecular complexity index is 1170. The summed E-state index contributed by atoms with van der Waals surface area (Å²) in [7, 11) is 0.0337. The van der Waals surface area contributed by atoms with Gasteiger partial charge in [0.05, 0.1) is 5.60 Å². The first kappa shape index (κ1) is 25.9. The zero-order valence-corrected chi connectivity index (χ0v) is 25.9. The van der Waals surface area contributed by atoms with E-state index in [2.05, 4.69) is 58.3 Å². The zero-order chi connectivity index (χ0) is 27.1. The maximum Gasteiger partial charge on any atom is 0.184 e. The summed E-state index contributed by atoms with van der Waals surface area (Å²) in [6.45, 7) is 18.8. The molecule has 5 fully saturated rings. The summed E-state index contributed by atoms with van der Waals surface area (Å²) >= 11 is 0. The maximum atomic E-state index is 11.1. The summed E-state index contributed by atoms with van der Waals surface area (Å²) in [6.07, 6.45) is 8.15. The molecule has 8 rings (SSSR count). The number of likely N-dealkylation sites (tertiary alicyclic amines) is 1. The molecule has 7 atom stereocenters. The quantitative estimate of drug-likeness (QED) is 0.432. The van der Waals surface area contributed by atoms with Crippen LogP contribution in [-0.4, -0.2) is 61.9 Å². The van der Waals surface area contributed by atoms with Crippen molar-refractivity contribution in [3.63, 3.8) is 0 Å². The lowest BCUT2D eigenvalue weighted by Crippen LogP contribution is -2.83. The van der Waals surface area contributed by atoms with Crippen LogP contribution in [0.4, 0.5) is 0 Å². The molecule has 4 bridgehead atoms. The predicted octanol–water partition coefficient (Wildman–Crippen LogP) is 6.27. The molecule has 6 heteroatoms. The zero-order valence-electron chi connectivity index (χ0n) is 24.9. The minimum atomic E-state index is -1.89. The number of phenolic OH excluding ortho intramolecular Hbond substituents is 1. The second-order valence-electron chi connectivity index (χ2n) is 16.0. The Kier molecular flexibility index (Phi) is 5.17. The SMILES string of the molecule is COC12CCC3(CC1C(C)(O[Si](C)(C)C)C(C)(C)C)C1Cc4ccc(O)c5c4C3(CCN1CC1CC1)C2O5. The fraction of sp³-hybridized carbons (Fsp3) is 0.812. The van der Waals surface area contributed by atoms with Crippen molar-refractivity contribution in [3.8, 4) is 11.5 Å². The van der Waals surface area contributed by atoms with Crippen molar-refractivity contribution < 1.29 is 19.0 Å². The third kappa shape index (κ3) is 2.99. The van der Waals surface area contributed by atoms with E-state index in [4.69, 9.17) is 13.9 Å². The van der Waals surface area contributed by atoms with Gasteiger partial charge in [-0.3, -0.25) is 4.90 Å². The molecule has 0 amide bonds. The number of methoxy groups -OCH3 is 1. The normalized spacial score (nSPS) is 41.0. The number of aromatic hydroxyl groups is 1. The van der Waals surface area contributed by atoms with E-state index in [0.29, 0.717) is 11.8 Å². The van der Waals surface area contributed by atoms with Crippen molar-refractivity contribution in [1.82, 2.24) is 4.90 Å². The maximum absolute atomic E-state index is 11.1. The Labute approximate surface area is 230 Å². The summed E-state index contributed by atoms with van der Waals surface area (Å²) in [5, 5.41) is 11.1. The van der Waals surface area contributed by atoms with Gasteiger partial charge in [-0.25, -0.2) is 0 Å². The third-order valence-electron chi connectivity index (χ3n) is 12.3. The molecule has 0 radical (unpaired) electrons. The Balaban J connectivity index is 1.46. The number of rotatable bonds is 6. The van der Waals surface area contributed by atoms with Crippen LogP contribution in [0.5, 0.6) is 11.5 Å². The highest BCUT2D eigenvalue weighted by Gasteiger charge is 2.82. The van der Waals surface area contributed by atoms with E-state index in [-0.39, 0.29) is 33.9 Å². The summed E-state index contributed by atoms with van der Waals surface area (Å²) < 4.78 is 21.2. The van der Waals surface area contributed by atoms with Crippen LogP contribution < -0.4 is 4.74 Å². The summed E-state index contributed by atoms with van der Waals surface area (Å²) in [6, 6.07) is 4.60. The standard InChI is InChI=1S/C32H49NO4Si/c1-28(2,3)29(4,37-38(6,7)8)23-18-30-13-14-32(23,35-5)27-31(30)15-16-33(19-20-9-10-20)24(30)17-21-11-12-22(34)26(36-27)25(21)31/h11-12,20,23-24,27,34H,9-10,13-19H2,1-8H3. The number of benzene rings is 1. The van der Waals surface area contributed by atoms with Gasteiger partial charge in [-0.1, -0.05) is 26.8 Å². The summed E-state index contributed by atoms with van der Waals surface area (Å²) in [5.41, 5.74) is 1.88. The van der Waals surface area contributed by atoms with Gasteiger partial charge in [-0.05, 0) is 101 Å². The molecule has 1 N–H and O–H groups in total. The number of hydrogen-bond donors (Lipinski definition) is 1.